The number of nitriles is 1. The molecule has 4 heteroatoms. The Kier molecular flexibility index (Phi) is 3.23. The maximum atomic E-state index is 8.66. The van der Waals surface area contributed by atoms with Gasteiger partial charge < -0.3 is 10.8 Å². The molecule has 0 aliphatic carbocycles. The van der Waals surface area contributed by atoms with Gasteiger partial charge in [0.1, 0.15) is 6.07 Å². The fourth-order valence-corrected chi connectivity index (χ4v) is 1.82. The molecule has 1 atom stereocenters. The Morgan fingerprint density at radius 1 is 1.67 bits per heavy atom. The van der Waals surface area contributed by atoms with Crippen LogP contribution < -0.4 is 5.73 Å². The van der Waals surface area contributed by atoms with Crippen LogP contribution in [-0.2, 0) is 0 Å². The molecule has 1 rings (SSSR count). The minimum atomic E-state index is -0.212. The lowest BCUT2D eigenvalue weighted by Gasteiger charge is -2.07. The first kappa shape index (κ1) is 9.20. The van der Waals surface area contributed by atoms with Crippen LogP contribution in [0.4, 0.5) is 0 Å². The molecule has 1 heterocycles. The molecule has 1 aromatic rings. The predicted octanol–water partition coefficient (Wildman–Crippen LogP) is 1.00. The summed E-state index contributed by atoms with van der Waals surface area (Å²) in [6.45, 7) is 0.0574. The minimum Gasteiger partial charge on any atom is -0.396 e. The molecule has 1 aromatic heterocycles. The van der Waals surface area contributed by atoms with E-state index in [9.17, 15) is 0 Å². The molecular weight excluding hydrogens is 172 g/mol. The highest BCUT2D eigenvalue weighted by Crippen LogP contribution is 2.21. The van der Waals surface area contributed by atoms with E-state index in [1.807, 2.05) is 5.38 Å². The lowest BCUT2D eigenvalue weighted by molar-refractivity contribution is 0.276. The van der Waals surface area contributed by atoms with Crippen molar-refractivity contribution in [3.63, 3.8) is 0 Å². The van der Waals surface area contributed by atoms with E-state index in [0.717, 1.165) is 5.56 Å². The molecular formula is C8H10N2OS. The fraction of sp³-hybridized carbons (Fsp3) is 0.375. The number of hydrogen-bond donors (Lipinski definition) is 2. The largest absolute Gasteiger partial charge is 0.396 e. The van der Waals surface area contributed by atoms with E-state index in [1.54, 1.807) is 5.38 Å². The van der Waals surface area contributed by atoms with Crippen molar-refractivity contribution in [2.45, 2.75) is 12.5 Å². The van der Waals surface area contributed by atoms with E-state index in [4.69, 9.17) is 16.1 Å². The summed E-state index contributed by atoms with van der Waals surface area (Å²) in [6, 6.07) is 1.85. The Bertz CT molecular complexity index is 289. The number of thiophene rings is 1. The Labute approximate surface area is 75.1 Å². The van der Waals surface area contributed by atoms with E-state index < -0.39 is 0 Å². The summed E-state index contributed by atoms with van der Waals surface area (Å²) < 4.78 is 0. The molecule has 3 nitrogen and oxygen atoms in total. The van der Waals surface area contributed by atoms with E-state index in [2.05, 4.69) is 6.07 Å². The third-order valence-electron chi connectivity index (χ3n) is 1.65. The molecule has 0 amide bonds. The van der Waals surface area contributed by atoms with Crippen LogP contribution in [0.5, 0.6) is 0 Å². The smallest absolute Gasteiger partial charge is 0.100 e. The van der Waals surface area contributed by atoms with E-state index in [-0.39, 0.29) is 12.6 Å². The van der Waals surface area contributed by atoms with Crippen LogP contribution in [0.1, 0.15) is 23.6 Å². The average molecular weight is 182 g/mol. The van der Waals surface area contributed by atoms with Gasteiger partial charge in [-0.1, -0.05) is 0 Å². The van der Waals surface area contributed by atoms with Gasteiger partial charge in [0, 0.05) is 18.0 Å². The summed E-state index contributed by atoms with van der Waals surface area (Å²) in [5, 5.41) is 20.9. The van der Waals surface area contributed by atoms with Crippen molar-refractivity contribution in [1.82, 2.24) is 0 Å². The zero-order chi connectivity index (χ0) is 8.97. The second kappa shape index (κ2) is 4.21. The van der Waals surface area contributed by atoms with Crippen molar-refractivity contribution < 1.29 is 5.11 Å². The molecule has 0 fully saturated rings. The quantitative estimate of drug-likeness (QED) is 0.732. The van der Waals surface area contributed by atoms with Crippen molar-refractivity contribution >= 4 is 11.3 Å². The topological polar surface area (TPSA) is 70.0 Å². The highest BCUT2D eigenvalue weighted by atomic mass is 32.1. The van der Waals surface area contributed by atoms with Crippen LogP contribution in [0.2, 0.25) is 0 Å². The van der Waals surface area contributed by atoms with Crippen LogP contribution in [-0.4, -0.2) is 11.7 Å². The lowest BCUT2D eigenvalue weighted by Crippen LogP contribution is -2.12. The van der Waals surface area contributed by atoms with Gasteiger partial charge in [0.15, 0.2) is 0 Å². The van der Waals surface area contributed by atoms with Crippen molar-refractivity contribution in [1.29, 1.82) is 5.26 Å². The van der Waals surface area contributed by atoms with Gasteiger partial charge in [0.2, 0.25) is 0 Å². The summed E-state index contributed by atoms with van der Waals surface area (Å²) >= 11 is 1.46. The number of nitrogens with zero attached hydrogens (tertiary/aromatic N) is 1. The normalized spacial score (nSPS) is 12.4. The summed E-state index contributed by atoms with van der Waals surface area (Å²) in [6.07, 6.45) is 0.505. The Balaban J connectivity index is 2.80. The van der Waals surface area contributed by atoms with Gasteiger partial charge in [-0.3, -0.25) is 0 Å². The fourth-order valence-electron chi connectivity index (χ4n) is 0.980. The minimum absolute atomic E-state index is 0.0574. The number of rotatable bonds is 3. The third-order valence-corrected chi connectivity index (χ3v) is 2.41. The standard InChI is InChI=1S/C8H10N2OS/c9-3-6-4-12-5-7(6)8(10)1-2-11/h4-5,8,11H,1-2,10H2/t8-/m0/s1. The third kappa shape index (κ3) is 1.83. The summed E-state index contributed by atoms with van der Waals surface area (Å²) in [5.74, 6) is 0. The van der Waals surface area contributed by atoms with Gasteiger partial charge in [-0.05, 0) is 17.4 Å². The molecule has 64 valence electrons. The molecule has 0 aliphatic rings. The number of hydrogen-bond acceptors (Lipinski definition) is 4. The van der Waals surface area contributed by atoms with Crippen LogP contribution in [0.3, 0.4) is 0 Å². The number of aliphatic hydroxyl groups is 1. The van der Waals surface area contributed by atoms with Gasteiger partial charge in [0.25, 0.3) is 0 Å². The van der Waals surface area contributed by atoms with Crippen LogP contribution in [0, 0.1) is 11.3 Å². The second-order valence-corrected chi connectivity index (χ2v) is 3.21. The molecule has 0 aliphatic heterocycles. The maximum absolute atomic E-state index is 8.66. The summed E-state index contributed by atoms with van der Waals surface area (Å²) in [4.78, 5) is 0. The zero-order valence-electron chi connectivity index (χ0n) is 6.53. The highest BCUT2D eigenvalue weighted by molar-refractivity contribution is 7.08. The van der Waals surface area contributed by atoms with Gasteiger partial charge in [-0.2, -0.15) is 16.6 Å². The lowest BCUT2D eigenvalue weighted by atomic mass is 10.1. The van der Waals surface area contributed by atoms with E-state index in [0.29, 0.717) is 12.0 Å². The molecule has 0 aromatic carbocycles. The molecule has 12 heavy (non-hydrogen) atoms. The molecule has 0 unspecified atom stereocenters. The molecule has 0 saturated carbocycles. The summed E-state index contributed by atoms with van der Waals surface area (Å²) in [7, 11) is 0. The SMILES string of the molecule is N#Cc1cscc1[C@@H](N)CCO. The van der Waals surface area contributed by atoms with Crippen molar-refractivity contribution in [3.05, 3.63) is 21.9 Å². The van der Waals surface area contributed by atoms with E-state index >= 15 is 0 Å². The van der Waals surface area contributed by atoms with Crippen molar-refractivity contribution in [3.8, 4) is 6.07 Å². The maximum Gasteiger partial charge on any atom is 0.100 e. The van der Waals surface area contributed by atoms with Crippen LogP contribution in [0.25, 0.3) is 0 Å². The van der Waals surface area contributed by atoms with Crippen molar-refractivity contribution in [2.75, 3.05) is 6.61 Å². The van der Waals surface area contributed by atoms with Gasteiger partial charge in [0.05, 0.1) is 5.56 Å². The highest BCUT2D eigenvalue weighted by Gasteiger charge is 2.10. The van der Waals surface area contributed by atoms with Gasteiger partial charge in [-0.25, -0.2) is 0 Å². The predicted molar refractivity (Wildman–Crippen MR) is 47.7 cm³/mol. The monoisotopic (exact) mass is 182 g/mol. The van der Waals surface area contributed by atoms with E-state index in [1.165, 1.54) is 11.3 Å². The Morgan fingerprint density at radius 3 is 3.00 bits per heavy atom. The molecule has 3 N–H and O–H groups in total. The first-order valence-corrected chi connectivity index (χ1v) is 4.56. The van der Waals surface area contributed by atoms with Crippen LogP contribution >= 0.6 is 11.3 Å². The summed E-state index contributed by atoms with van der Waals surface area (Å²) in [5.41, 5.74) is 7.19. The van der Waals surface area contributed by atoms with Gasteiger partial charge >= 0.3 is 0 Å². The molecule has 0 spiro atoms. The number of aliphatic hydroxyl groups excluding tert-OH is 1. The average Bonchev–Trinajstić information content (AvgIpc) is 2.51. The molecule has 0 radical (unpaired) electrons. The number of nitrogens with two attached hydrogens (primary N) is 1. The Hall–Kier alpha value is -0.890. The zero-order valence-corrected chi connectivity index (χ0v) is 7.34. The second-order valence-electron chi connectivity index (χ2n) is 2.47. The van der Waals surface area contributed by atoms with Crippen LogP contribution in [0.15, 0.2) is 10.8 Å². The first-order chi connectivity index (χ1) is 5.79. The molecule has 0 saturated heterocycles. The first-order valence-electron chi connectivity index (χ1n) is 3.62. The van der Waals surface area contributed by atoms with Gasteiger partial charge in [-0.15, -0.1) is 0 Å². The Morgan fingerprint density at radius 2 is 2.42 bits per heavy atom. The molecule has 0 bridgehead atoms. The van der Waals surface area contributed by atoms with Crippen molar-refractivity contribution in [2.24, 2.45) is 5.73 Å².